The fourth-order valence-electron chi connectivity index (χ4n) is 2.69. The molecule has 4 nitrogen and oxygen atoms in total. The molecule has 0 aliphatic carbocycles. The summed E-state index contributed by atoms with van der Waals surface area (Å²) >= 11 is 0. The third-order valence-corrected chi connectivity index (χ3v) is 3.77. The van der Waals surface area contributed by atoms with E-state index in [1.54, 1.807) is 6.20 Å². The Balaban J connectivity index is 1.54. The lowest BCUT2D eigenvalue weighted by atomic mass is 10.2. The van der Waals surface area contributed by atoms with Crippen LogP contribution in [0.25, 0.3) is 0 Å². The summed E-state index contributed by atoms with van der Waals surface area (Å²) in [5, 5.41) is 3.03. The fraction of sp³-hybridized carbons (Fsp3) is 0.353. The number of hydrogen-bond acceptors (Lipinski definition) is 4. The first-order chi connectivity index (χ1) is 10.3. The molecule has 1 aliphatic heterocycles. The van der Waals surface area contributed by atoms with Gasteiger partial charge in [-0.05, 0) is 18.1 Å². The Morgan fingerprint density at radius 1 is 1.29 bits per heavy atom. The Hall–Kier alpha value is -2.07. The number of hydrogen-bond donors (Lipinski definition) is 1. The second kappa shape index (κ2) is 6.59. The van der Waals surface area contributed by atoms with E-state index in [2.05, 4.69) is 45.5 Å². The maximum Gasteiger partial charge on any atom is 0.129 e. The first-order valence-corrected chi connectivity index (χ1v) is 7.40. The van der Waals surface area contributed by atoms with Gasteiger partial charge in [-0.15, -0.1) is 0 Å². The van der Waals surface area contributed by atoms with Crippen LogP contribution in [0.4, 0.5) is 5.82 Å². The SMILES string of the molecule is CNc1cc(OC2CCN(Cc3ccccc3)C2)ccn1. The maximum atomic E-state index is 6.06. The Kier molecular flexibility index (Phi) is 4.36. The molecule has 0 bridgehead atoms. The molecule has 1 N–H and O–H groups in total. The fourth-order valence-corrected chi connectivity index (χ4v) is 2.69. The third kappa shape index (κ3) is 3.73. The number of nitrogens with zero attached hydrogens (tertiary/aromatic N) is 2. The van der Waals surface area contributed by atoms with Crippen molar-refractivity contribution in [3.8, 4) is 5.75 Å². The van der Waals surface area contributed by atoms with Crippen molar-refractivity contribution in [3.63, 3.8) is 0 Å². The summed E-state index contributed by atoms with van der Waals surface area (Å²) in [7, 11) is 1.86. The zero-order valence-electron chi connectivity index (χ0n) is 12.3. The lowest BCUT2D eigenvalue weighted by Crippen LogP contribution is -2.24. The van der Waals surface area contributed by atoms with Gasteiger partial charge in [0.05, 0.1) is 0 Å². The van der Waals surface area contributed by atoms with Crippen LogP contribution in [0.3, 0.4) is 0 Å². The van der Waals surface area contributed by atoms with Crippen molar-refractivity contribution in [1.82, 2.24) is 9.88 Å². The molecule has 21 heavy (non-hydrogen) atoms. The topological polar surface area (TPSA) is 37.4 Å². The quantitative estimate of drug-likeness (QED) is 0.915. The zero-order valence-corrected chi connectivity index (χ0v) is 12.3. The molecule has 1 fully saturated rings. The highest BCUT2D eigenvalue weighted by Gasteiger charge is 2.23. The van der Waals surface area contributed by atoms with E-state index < -0.39 is 0 Å². The average molecular weight is 283 g/mol. The van der Waals surface area contributed by atoms with E-state index >= 15 is 0 Å². The second-order valence-corrected chi connectivity index (χ2v) is 5.38. The molecule has 1 atom stereocenters. The van der Waals surface area contributed by atoms with E-state index in [-0.39, 0.29) is 6.10 Å². The van der Waals surface area contributed by atoms with Crippen LogP contribution in [-0.4, -0.2) is 36.1 Å². The third-order valence-electron chi connectivity index (χ3n) is 3.77. The first kappa shape index (κ1) is 13.9. The average Bonchev–Trinajstić information content (AvgIpc) is 2.95. The van der Waals surface area contributed by atoms with Crippen LogP contribution < -0.4 is 10.1 Å². The number of anilines is 1. The van der Waals surface area contributed by atoms with Crippen molar-refractivity contribution in [2.24, 2.45) is 0 Å². The van der Waals surface area contributed by atoms with Gasteiger partial charge in [0.1, 0.15) is 17.7 Å². The summed E-state index contributed by atoms with van der Waals surface area (Å²) < 4.78 is 6.06. The number of pyridine rings is 1. The normalized spacial score (nSPS) is 18.6. The van der Waals surface area contributed by atoms with E-state index in [1.807, 2.05) is 19.2 Å². The predicted molar refractivity (Wildman–Crippen MR) is 84.5 cm³/mol. The number of aromatic nitrogens is 1. The Bertz CT molecular complexity index is 573. The molecule has 0 saturated carbocycles. The zero-order chi connectivity index (χ0) is 14.5. The van der Waals surface area contributed by atoms with Crippen molar-refractivity contribution in [3.05, 3.63) is 54.2 Å². The highest BCUT2D eigenvalue weighted by atomic mass is 16.5. The maximum absolute atomic E-state index is 6.06. The van der Waals surface area contributed by atoms with E-state index in [1.165, 1.54) is 5.56 Å². The summed E-state index contributed by atoms with van der Waals surface area (Å²) in [6, 6.07) is 14.5. The van der Waals surface area contributed by atoms with Crippen molar-refractivity contribution in [2.75, 3.05) is 25.5 Å². The van der Waals surface area contributed by atoms with Gasteiger partial charge in [0.15, 0.2) is 0 Å². The molecule has 2 heterocycles. The van der Waals surface area contributed by atoms with E-state index in [9.17, 15) is 0 Å². The van der Waals surface area contributed by atoms with Crippen LogP contribution in [0, 0.1) is 0 Å². The Morgan fingerprint density at radius 3 is 2.95 bits per heavy atom. The van der Waals surface area contributed by atoms with Gasteiger partial charge in [0.2, 0.25) is 0 Å². The molecule has 2 aromatic rings. The molecule has 0 spiro atoms. The van der Waals surface area contributed by atoms with Gasteiger partial charge in [0, 0.05) is 38.9 Å². The van der Waals surface area contributed by atoms with Gasteiger partial charge in [-0.25, -0.2) is 4.98 Å². The minimum absolute atomic E-state index is 0.265. The lowest BCUT2D eigenvalue weighted by molar-refractivity contribution is 0.198. The van der Waals surface area contributed by atoms with Gasteiger partial charge in [-0.2, -0.15) is 0 Å². The Labute approximate surface area is 125 Å². The summed E-state index contributed by atoms with van der Waals surface area (Å²) in [5.74, 6) is 1.73. The number of nitrogens with one attached hydrogen (secondary N) is 1. The number of likely N-dealkylation sites (tertiary alicyclic amines) is 1. The highest BCUT2D eigenvalue weighted by molar-refractivity contribution is 5.39. The minimum Gasteiger partial charge on any atom is -0.489 e. The first-order valence-electron chi connectivity index (χ1n) is 7.40. The number of ether oxygens (including phenoxy) is 1. The Morgan fingerprint density at radius 2 is 2.14 bits per heavy atom. The molecule has 1 aromatic carbocycles. The summed E-state index contributed by atoms with van der Waals surface area (Å²) in [4.78, 5) is 6.65. The number of benzene rings is 1. The summed E-state index contributed by atoms with van der Waals surface area (Å²) in [5.41, 5.74) is 1.36. The van der Waals surface area contributed by atoms with Crippen LogP contribution in [0.2, 0.25) is 0 Å². The van der Waals surface area contributed by atoms with Crippen LogP contribution in [0.15, 0.2) is 48.7 Å². The lowest BCUT2D eigenvalue weighted by Gasteiger charge is -2.17. The summed E-state index contributed by atoms with van der Waals surface area (Å²) in [6.07, 6.45) is 3.11. The van der Waals surface area contributed by atoms with Gasteiger partial charge >= 0.3 is 0 Å². The molecule has 0 amide bonds. The molecule has 0 radical (unpaired) electrons. The highest BCUT2D eigenvalue weighted by Crippen LogP contribution is 2.21. The van der Waals surface area contributed by atoms with Gasteiger partial charge in [0.25, 0.3) is 0 Å². The van der Waals surface area contributed by atoms with E-state index in [0.717, 1.165) is 37.6 Å². The molecule has 1 unspecified atom stereocenters. The van der Waals surface area contributed by atoms with E-state index in [0.29, 0.717) is 0 Å². The standard InChI is InChI=1S/C17H21N3O/c1-18-17-11-15(7-9-19-17)21-16-8-10-20(13-16)12-14-5-3-2-4-6-14/h2-7,9,11,16H,8,10,12-13H2,1H3,(H,18,19). The van der Waals surface area contributed by atoms with Crippen molar-refractivity contribution in [1.29, 1.82) is 0 Å². The smallest absolute Gasteiger partial charge is 0.129 e. The van der Waals surface area contributed by atoms with E-state index in [4.69, 9.17) is 4.74 Å². The van der Waals surface area contributed by atoms with Crippen LogP contribution in [0.5, 0.6) is 5.75 Å². The molecule has 110 valence electrons. The molecule has 4 heteroatoms. The molecular weight excluding hydrogens is 262 g/mol. The van der Waals surface area contributed by atoms with Gasteiger partial charge in [-0.1, -0.05) is 30.3 Å². The second-order valence-electron chi connectivity index (χ2n) is 5.38. The van der Waals surface area contributed by atoms with Crippen molar-refractivity contribution < 1.29 is 4.74 Å². The molecule has 1 aromatic heterocycles. The minimum atomic E-state index is 0.265. The molecule has 1 saturated heterocycles. The molecule has 3 rings (SSSR count). The van der Waals surface area contributed by atoms with Crippen LogP contribution in [0.1, 0.15) is 12.0 Å². The molecular formula is C17H21N3O. The van der Waals surface area contributed by atoms with Gasteiger partial charge < -0.3 is 10.1 Å². The summed E-state index contributed by atoms with van der Waals surface area (Å²) in [6.45, 7) is 3.06. The van der Waals surface area contributed by atoms with Crippen LogP contribution in [-0.2, 0) is 6.54 Å². The van der Waals surface area contributed by atoms with Gasteiger partial charge in [-0.3, -0.25) is 4.90 Å². The number of rotatable bonds is 5. The molecule has 1 aliphatic rings. The predicted octanol–water partition coefficient (Wildman–Crippen LogP) is 2.78. The van der Waals surface area contributed by atoms with Crippen molar-refractivity contribution in [2.45, 2.75) is 19.1 Å². The van der Waals surface area contributed by atoms with Crippen LogP contribution >= 0.6 is 0 Å². The van der Waals surface area contributed by atoms with Crippen molar-refractivity contribution >= 4 is 5.82 Å². The monoisotopic (exact) mass is 283 g/mol. The largest absolute Gasteiger partial charge is 0.489 e.